The standard InChI is InChI=1S/C23H32N2O4/c1-18-4-6-21(7-5-18)29-17-20(26)16-25-12-10-24(11-13-25)15-19-14-22(27-2)8-9-23(19)28-3/h4-9,14,20,26H,10-13,15-17H2,1-3H3. The number of ether oxygens (including phenoxy) is 3. The first kappa shape index (κ1) is 21.4. The summed E-state index contributed by atoms with van der Waals surface area (Å²) in [7, 11) is 3.38. The fourth-order valence-electron chi connectivity index (χ4n) is 3.55. The molecule has 2 aromatic rings. The predicted octanol–water partition coefficient (Wildman–Crippen LogP) is 2.57. The summed E-state index contributed by atoms with van der Waals surface area (Å²) in [5.74, 6) is 2.53. The Kier molecular flexibility index (Phi) is 7.75. The Balaban J connectivity index is 1.42. The monoisotopic (exact) mass is 400 g/mol. The van der Waals surface area contributed by atoms with Crippen molar-refractivity contribution in [3.05, 3.63) is 53.6 Å². The highest BCUT2D eigenvalue weighted by atomic mass is 16.5. The second-order valence-corrected chi connectivity index (χ2v) is 7.53. The molecule has 0 bridgehead atoms. The Hall–Kier alpha value is -2.28. The summed E-state index contributed by atoms with van der Waals surface area (Å²) in [5, 5.41) is 10.3. The molecule has 0 amide bonds. The number of piperazine rings is 1. The van der Waals surface area contributed by atoms with E-state index in [0.717, 1.165) is 55.5 Å². The van der Waals surface area contributed by atoms with Crippen LogP contribution < -0.4 is 14.2 Å². The first-order valence-corrected chi connectivity index (χ1v) is 10.1. The van der Waals surface area contributed by atoms with Crippen molar-refractivity contribution in [2.24, 2.45) is 0 Å². The lowest BCUT2D eigenvalue weighted by Gasteiger charge is -2.35. The molecule has 1 aliphatic rings. The van der Waals surface area contributed by atoms with Crippen molar-refractivity contribution in [1.29, 1.82) is 0 Å². The van der Waals surface area contributed by atoms with Gasteiger partial charge in [0.05, 0.1) is 14.2 Å². The molecule has 1 fully saturated rings. The number of aliphatic hydroxyl groups excluding tert-OH is 1. The molecule has 29 heavy (non-hydrogen) atoms. The summed E-state index contributed by atoms with van der Waals surface area (Å²) in [6, 6.07) is 13.8. The SMILES string of the molecule is COc1ccc(OC)c(CN2CCN(CC(O)COc3ccc(C)cc3)CC2)c1. The highest BCUT2D eigenvalue weighted by molar-refractivity contribution is 5.40. The van der Waals surface area contributed by atoms with Crippen LogP contribution in [0.1, 0.15) is 11.1 Å². The molecule has 0 spiro atoms. The molecule has 6 nitrogen and oxygen atoms in total. The van der Waals surface area contributed by atoms with E-state index in [1.807, 2.05) is 49.4 Å². The Morgan fingerprint density at radius 3 is 2.21 bits per heavy atom. The number of benzene rings is 2. The van der Waals surface area contributed by atoms with Crippen LogP contribution in [0.25, 0.3) is 0 Å². The van der Waals surface area contributed by atoms with Crippen LogP contribution in [0.5, 0.6) is 17.2 Å². The molecular formula is C23H32N2O4. The minimum Gasteiger partial charge on any atom is -0.497 e. The fourth-order valence-corrected chi connectivity index (χ4v) is 3.55. The van der Waals surface area contributed by atoms with Gasteiger partial charge in [0.15, 0.2) is 0 Å². The Bertz CT molecular complexity index is 758. The van der Waals surface area contributed by atoms with Crippen LogP contribution >= 0.6 is 0 Å². The molecule has 0 saturated carbocycles. The van der Waals surface area contributed by atoms with Crippen molar-refractivity contribution in [3.8, 4) is 17.2 Å². The lowest BCUT2D eigenvalue weighted by atomic mass is 10.1. The van der Waals surface area contributed by atoms with Crippen LogP contribution in [0.15, 0.2) is 42.5 Å². The van der Waals surface area contributed by atoms with Gasteiger partial charge >= 0.3 is 0 Å². The number of aliphatic hydroxyl groups is 1. The molecule has 1 N–H and O–H groups in total. The van der Waals surface area contributed by atoms with Crippen molar-refractivity contribution in [1.82, 2.24) is 9.80 Å². The van der Waals surface area contributed by atoms with Gasteiger partial charge in [-0.3, -0.25) is 9.80 Å². The summed E-state index contributed by atoms with van der Waals surface area (Å²) >= 11 is 0. The van der Waals surface area contributed by atoms with E-state index in [2.05, 4.69) is 9.80 Å². The second kappa shape index (κ2) is 10.5. The molecule has 1 aliphatic heterocycles. The minimum atomic E-state index is -0.499. The van der Waals surface area contributed by atoms with Gasteiger partial charge in [0.1, 0.15) is 30.0 Å². The summed E-state index contributed by atoms with van der Waals surface area (Å²) < 4.78 is 16.5. The Labute approximate surface area is 173 Å². The molecule has 158 valence electrons. The smallest absolute Gasteiger partial charge is 0.123 e. The zero-order chi connectivity index (χ0) is 20.6. The van der Waals surface area contributed by atoms with Crippen LogP contribution in [0.2, 0.25) is 0 Å². The lowest BCUT2D eigenvalue weighted by Crippen LogP contribution is -2.48. The molecule has 0 aliphatic carbocycles. The largest absolute Gasteiger partial charge is 0.497 e. The van der Waals surface area contributed by atoms with Crippen LogP contribution in [-0.2, 0) is 6.54 Å². The maximum atomic E-state index is 10.3. The summed E-state index contributed by atoms with van der Waals surface area (Å²) in [6.45, 7) is 7.56. The predicted molar refractivity (Wildman–Crippen MR) is 114 cm³/mol. The molecule has 3 rings (SSSR count). The molecule has 1 unspecified atom stereocenters. The number of hydrogen-bond acceptors (Lipinski definition) is 6. The number of methoxy groups -OCH3 is 2. The molecule has 0 aromatic heterocycles. The molecule has 1 heterocycles. The van der Waals surface area contributed by atoms with Crippen molar-refractivity contribution in [3.63, 3.8) is 0 Å². The molecule has 6 heteroatoms. The molecule has 1 saturated heterocycles. The van der Waals surface area contributed by atoms with Crippen molar-refractivity contribution in [2.45, 2.75) is 19.6 Å². The first-order valence-electron chi connectivity index (χ1n) is 10.1. The van der Waals surface area contributed by atoms with Gasteiger partial charge in [-0.1, -0.05) is 17.7 Å². The van der Waals surface area contributed by atoms with Crippen molar-refractivity contribution < 1.29 is 19.3 Å². The zero-order valence-electron chi connectivity index (χ0n) is 17.6. The maximum absolute atomic E-state index is 10.3. The zero-order valence-corrected chi connectivity index (χ0v) is 17.6. The highest BCUT2D eigenvalue weighted by Gasteiger charge is 2.20. The van der Waals surface area contributed by atoms with E-state index < -0.39 is 6.10 Å². The van der Waals surface area contributed by atoms with E-state index in [0.29, 0.717) is 13.2 Å². The van der Waals surface area contributed by atoms with Gasteiger partial charge in [-0.15, -0.1) is 0 Å². The van der Waals surface area contributed by atoms with Gasteiger partial charge in [0, 0.05) is 44.8 Å². The third kappa shape index (κ3) is 6.35. The molecule has 1 atom stereocenters. The summed E-state index contributed by atoms with van der Waals surface area (Å²) in [4.78, 5) is 4.70. The van der Waals surface area contributed by atoms with E-state index in [1.165, 1.54) is 5.56 Å². The van der Waals surface area contributed by atoms with E-state index >= 15 is 0 Å². The topological polar surface area (TPSA) is 54.4 Å². The second-order valence-electron chi connectivity index (χ2n) is 7.53. The highest BCUT2D eigenvalue weighted by Crippen LogP contribution is 2.25. The van der Waals surface area contributed by atoms with Crippen molar-refractivity contribution in [2.75, 3.05) is 53.6 Å². The number of nitrogens with zero attached hydrogens (tertiary/aromatic N) is 2. The fraction of sp³-hybridized carbons (Fsp3) is 0.478. The average molecular weight is 401 g/mol. The quantitative estimate of drug-likeness (QED) is 0.698. The van der Waals surface area contributed by atoms with E-state index in [9.17, 15) is 5.11 Å². The molecular weight excluding hydrogens is 368 g/mol. The van der Waals surface area contributed by atoms with Gasteiger partial charge in [-0.2, -0.15) is 0 Å². The summed E-state index contributed by atoms with van der Waals surface area (Å²) in [5.41, 5.74) is 2.33. The van der Waals surface area contributed by atoms with Gasteiger partial charge in [-0.25, -0.2) is 0 Å². The number of aryl methyl sites for hydroxylation is 1. The van der Waals surface area contributed by atoms with Crippen LogP contribution in [0.4, 0.5) is 0 Å². The first-order chi connectivity index (χ1) is 14.1. The van der Waals surface area contributed by atoms with E-state index in [-0.39, 0.29) is 0 Å². The van der Waals surface area contributed by atoms with Gasteiger partial charge in [0.25, 0.3) is 0 Å². The third-order valence-corrected chi connectivity index (χ3v) is 5.28. The van der Waals surface area contributed by atoms with Crippen molar-refractivity contribution >= 4 is 0 Å². The Morgan fingerprint density at radius 2 is 1.55 bits per heavy atom. The Morgan fingerprint density at radius 1 is 0.897 bits per heavy atom. The van der Waals surface area contributed by atoms with Gasteiger partial charge in [0.2, 0.25) is 0 Å². The van der Waals surface area contributed by atoms with E-state index in [4.69, 9.17) is 14.2 Å². The van der Waals surface area contributed by atoms with Crippen LogP contribution in [0.3, 0.4) is 0 Å². The van der Waals surface area contributed by atoms with Gasteiger partial charge in [-0.05, 0) is 37.3 Å². The third-order valence-electron chi connectivity index (χ3n) is 5.28. The number of rotatable bonds is 9. The molecule has 0 radical (unpaired) electrons. The minimum absolute atomic E-state index is 0.310. The van der Waals surface area contributed by atoms with Gasteiger partial charge < -0.3 is 19.3 Å². The summed E-state index contributed by atoms with van der Waals surface area (Å²) in [6.07, 6.45) is -0.499. The molecule has 2 aromatic carbocycles. The van der Waals surface area contributed by atoms with Crippen LogP contribution in [-0.4, -0.2) is 74.6 Å². The van der Waals surface area contributed by atoms with Crippen LogP contribution in [0, 0.1) is 6.92 Å². The number of hydrogen-bond donors (Lipinski definition) is 1. The normalized spacial score (nSPS) is 16.4. The van der Waals surface area contributed by atoms with E-state index in [1.54, 1.807) is 14.2 Å². The lowest BCUT2D eigenvalue weighted by molar-refractivity contribution is 0.0445. The average Bonchev–Trinajstić information content (AvgIpc) is 2.74. The number of β-amino-alcohol motifs (C(OH)–C–C–N with tert-alkyl or cyclic N) is 1. The maximum Gasteiger partial charge on any atom is 0.123 e.